The minimum atomic E-state index is -0.678. The highest BCUT2D eigenvalue weighted by atomic mass is 16.6. The maximum atomic E-state index is 11.3. The molecule has 0 N–H and O–H groups in total. The molecule has 1 aliphatic rings. The summed E-state index contributed by atoms with van der Waals surface area (Å²) < 4.78 is 5.12. The third-order valence-corrected chi connectivity index (χ3v) is 2.20. The van der Waals surface area contributed by atoms with E-state index in [0.717, 1.165) is 0 Å². The second-order valence-corrected chi connectivity index (χ2v) is 4.38. The van der Waals surface area contributed by atoms with Gasteiger partial charge in [-0.05, 0) is 19.8 Å². The van der Waals surface area contributed by atoms with Gasteiger partial charge in [-0.3, -0.25) is 4.79 Å². The van der Waals surface area contributed by atoms with Crippen molar-refractivity contribution in [2.45, 2.75) is 33.3 Å². The SMILES string of the molecule is [C-]#[N+]C1=C(/C=C/C(C)C)C(C)(C)OC1=O. The Bertz CT molecular complexity index is 381. The van der Waals surface area contributed by atoms with Crippen LogP contribution in [0, 0.1) is 12.5 Å². The van der Waals surface area contributed by atoms with Crippen LogP contribution in [0.5, 0.6) is 0 Å². The molecule has 1 rings (SSSR count). The molecule has 0 amide bonds. The van der Waals surface area contributed by atoms with E-state index in [0.29, 0.717) is 11.5 Å². The first kappa shape index (κ1) is 11.5. The number of esters is 1. The molecule has 0 aliphatic carbocycles. The van der Waals surface area contributed by atoms with Gasteiger partial charge in [0.15, 0.2) is 0 Å². The van der Waals surface area contributed by atoms with E-state index in [2.05, 4.69) is 4.85 Å². The standard InChI is InChI=1S/C12H15NO2/c1-8(2)6-7-9-10(13-5)11(14)15-12(9,3)4/h6-8H,1-4H3/b7-6+. The molecule has 0 spiro atoms. The zero-order valence-corrected chi connectivity index (χ0v) is 9.50. The lowest BCUT2D eigenvalue weighted by Gasteiger charge is -2.19. The predicted molar refractivity (Wildman–Crippen MR) is 57.8 cm³/mol. The molecular weight excluding hydrogens is 190 g/mol. The van der Waals surface area contributed by atoms with Crippen molar-refractivity contribution < 1.29 is 9.53 Å². The normalized spacial score (nSPS) is 19.9. The van der Waals surface area contributed by atoms with E-state index in [1.54, 1.807) is 13.8 Å². The highest BCUT2D eigenvalue weighted by molar-refractivity contribution is 5.95. The summed E-state index contributed by atoms with van der Waals surface area (Å²) in [5.74, 6) is -0.130. The van der Waals surface area contributed by atoms with E-state index in [4.69, 9.17) is 11.3 Å². The number of rotatable bonds is 2. The van der Waals surface area contributed by atoms with Gasteiger partial charge in [0, 0.05) is 5.57 Å². The summed E-state index contributed by atoms with van der Waals surface area (Å²) in [6.45, 7) is 14.6. The Morgan fingerprint density at radius 3 is 2.53 bits per heavy atom. The summed E-state index contributed by atoms with van der Waals surface area (Å²) in [5.41, 5.74) is 0.107. The van der Waals surface area contributed by atoms with Crippen molar-refractivity contribution >= 4 is 5.97 Å². The number of allylic oxidation sites excluding steroid dienone is 1. The Balaban J connectivity index is 3.15. The Hall–Kier alpha value is -1.56. The number of ether oxygens (including phenoxy) is 1. The van der Waals surface area contributed by atoms with Crippen LogP contribution in [0.15, 0.2) is 23.4 Å². The van der Waals surface area contributed by atoms with Gasteiger partial charge in [-0.1, -0.05) is 26.0 Å². The molecule has 0 radical (unpaired) electrons. The molecule has 0 bridgehead atoms. The summed E-state index contributed by atoms with van der Waals surface area (Å²) in [7, 11) is 0. The molecule has 0 fully saturated rings. The molecule has 0 unspecified atom stereocenters. The van der Waals surface area contributed by atoms with Crippen molar-refractivity contribution in [1.29, 1.82) is 0 Å². The van der Waals surface area contributed by atoms with Gasteiger partial charge in [-0.15, -0.1) is 0 Å². The molecule has 0 saturated heterocycles. The largest absolute Gasteiger partial charge is 0.461 e. The topological polar surface area (TPSA) is 30.7 Å². The molecule has 0 aromatic carbocycles. The maximum absolute atomic E-state index is 11.3. The van der Waals surface area contributed by atoms with Gasteiger partial charge in [0.2, 0.25) is 0 Å². The molecular formula is C12H15NO2. The lowest BCUT2D eigenvalue weighted by atomic mass is 9.96. The first-order chi connectivity index (χ1) is 6.88. The van der Waals surface area contributed by atoms with Crippen LogP contribution in [-0.2, 0) is 9.53 Å². The number of carbonyl (C=O) groups is 1. The number of cyclic esters (lactones) is 1. The van der Waals surface area contributed by atoms with Crippen LogP contribution < -0.4 is 0 Å². The third-order valence-electron chi connectivity index (χ3n) is 2.20. The van der Waals surface area contributed by atoms with Crippen LogP contribution in [0.3, 0.4) is 0 Å². The van der Waals surface area contributed by atoms with Crippen LogP contribution in [0.1, 0.15) is 27.7 Å². The highest BCUT2D eigenvalue weighted by Gasteiger charge is 2.39. The van der Waals surface area contributed by atoms with Crippen LogP contribution >= 0.6 is 0 Å². The van der Waals surface area contributed by atoms with E-state index < -0.39 is 11.6 Å². The van der Waals surface area contributed by atoms with E-state index in [1.807, 2.05) is 26.0 Å². The van der Waals surface area contributed by atoms with Gasteiger partial charge >= 0.3 is 5.97 Å². The molecule has 3 heteroatoms. The first-order valence-corrected chi connectivity index (χ1v) is 4.92. The average Bonchev–Trinajstić information content (AvgIpc) is 2.31. The van der Waals surface area contributed by atoms with Crippen molar-refractivity contribution in [2.75, 3.05) is 0 Å². The number of hydrogen-bond donors (Lipinski definition) is 0. The van der Waals surface area contributed by atoms with E-state index in [1.165, 1.54) is 0 Å². The number of hydrogen-bond acceptors (Lipinski definition) is 2. The van der Waals surface area contributed by atoms with Crippen molar-refractivity contribution in [3.05, 3.63) is 34.8 Å². The fourth-order valence-electron chi connectivity index (χ4n) is 1.40. The summed E-state index contributed by atoms with van der Waals surface area (Å²) in [6.07, 6.45) is 3.78. The van der Waals surface area contributed by atoms with Crippen molar-refractivity contribution in [1.82, 2.24) is 0 Å². The average molecular weight is 205 g/mol. The first-order valence-electron chi connectivity index (χ1n) is 4.92. The molecule has 3 nitrogen and oxygen atoms in total. The quantitative estimate of drug-likeness (QED) is 0.512. The highest BCUT2D eigenvalue weighted by Crippen LogP contribution is 2.34. The lowest BCUT2D eigenvalue weighted by Crippen LogP contribution is -2.22. The predicted octanol–water partition coefficient (Wildman–Crippen LogP) is 2.71. The Labute approximate surface area is 90.2 Å². The fourth-order valence-corrected chi connectivity index (χ4v) is 1.40. The van der Waals surface area contributed by atoms with Gasteiger partial charge in [-0.25, -0.2) is 4.85 Å². The number of carbonyl (C=O) groups excluding carboxylic acids is 1. The molecule has 0 aromatic rings. The summed E-state index contributed by atoms with van der Waals surface area (Å²) in [6, 6.07) is 0. The minimum Gasteiger partial charge on any atom is -0.461 e. The zero-order valence-electron chi connectivity index (χ0n) is 9.50. The van der Waals surface area contributed by atoms with E-state index >= 15 is 0 Å². The van der Waals surface area contributed by atoms with Gasteiger partial charge in [0.1, 0.15) is 5.60 Å². The zero-order chi connectivity index (χ0) is 11.6. The fraction of sp³-hybridized carbons (Fsp3) is 0.500. The van der Waals surface area contributed by atoms with E-state index in [-0.39, 0.29) is 5.70 Å². The molecule has 80 valence electrons. The van der Waals surface area contributed by atoms with Crippen LogP contribution in [0.2, 0.25) is 0 Å². The smallest absolute Gasteiger partial charge is 0.337 e. The lowest BCUT2D eigenvalue weighted by molar-refractivity contribution is -0.144. The molecule has 0 atom stereocenters. The number of nitrogens with zero attached hydrogens (tertiary/aromatic N) is 1. The maximum Gasteiger partial charge on any atom is 0.337 e. The van der Waals surface area contributed by atoms with Crippen molar-refractivity contribution in [3.63, 3.8) is 0 Å². The van der Waals surface area contributed by atoms with Crippen LogP contribution in [0.4, 0.5) is 0 Å². The molecule has 0 aromatic heterocycles. The third kappa shape index (κ3) is 2.27. The van der Waals surface area contributed by atoms with Crippen LogP contribution in [-0.4, -0.2) is 11.6 Å². The Morgan fingerprint density at radius 2 is 2.07 bits per heavy atom. The van der Waals surface area contributed by atoms with E-state index in [9.17, 15) is 4.79 Å². The van der Waals surface area contributed by atoms with Crippen molar-refractivity contribution in [2.24, 2.45) is 5.92 Å². The molecule has 1 aliphatic heterocycles. The summed E-state index contributed by atoms with van der Waals surface area (Å²) in [4.78, 5) is 14.6. The summed E-state index contributed by atoms with van der Waals surface area (Å²) >= 11 is 0. The van der Waals surface area contributed by atoms with Gasteiger partial charge in [0.25, 0.3) is 5.70 Å². The monoisotopic (exact) mass is 205 g/mol. The second-order valence-electron chi connectivity index (χ2n) is 4.38. The molecule has 15 heavy (non-hydrogen) atoms. The van der Waals surface area contributed by atoms with Crippen LogP contribution in [0.25, 0.3) is 4.85 Å². The Morgan fingerprint density at radius 1 is 1.47 bits per heavy atom. The van der Waals surface area contributed by atoms with Crippen molar-refractivity contribution in [3.8, 4) is 0 Å². The van der Waals surface area contributed by atoms with Gasteiger partial charge in [0.05, 0.1) is 6.57 Å². The second kappa shape index (κ2) is 3.90. The molecule has 0 saturated carbocycles. The van der Waals surface area contributed by atoms with Gasteiger partial charge in [-0.2, -0.15) is 0 Å². The summed E-state index contributed by atoms with van der Waals surface area (Å²) in [5, 5.41) is 0. The van der Waals surface area contributed by atoms with Gasteiger partial charge < -0.3 is 4.74 Å². The molecule has 1 heterocycles. The minimum absolute atomic E-state index is 0.108. The Kier molecular flexibility index (Phi) is 2.99.